The highest BCUT2D eigenvalue weighted by molar-refractivity contribution is 7.10. The van der Waals surface area contributed by atoms with Crippen LogP contribution in [0.5, 0.6) is 0 Å². The minimum atomic E-state index is 0.194. The van der Waals surface area contributed by atoms with E-state index in [-0.39, 0.29) is 6.04 Å². The molecule has 0 aliphatic rings. The van der Waals surface area contributed by atoms with Crippen molar-refractivity contribution in [3.63, 3.8) is 0 Å². The number of nitrogens with one attached hydrogen (secondary N) is 1. The first-order chi connectivity index (χ1) is 7.68. The van der Waals surface area contributed by atoms with E-state index in [1.165, 1.54) is 4.88 Å². The normalized spacial score (nSPS) is 13.2. The molecule has 86 valence electrons. The number of rotatable bonds is 4. The van der Waals surface area contributed by atoms with Crippen LogP contribution in [0.2, 0.25) is 0 Å². The molecule has 0 aromatic carbocycles. The van der Waals surface area contributed by atoms with Crippen molar-refractivity contribution in [3.05, 3.63) is 40.6 Å². The summed E-state index contributed by atoms with van der Waals surface area (Å²) >= 11 is 1.76. The number of imidazole rings is 1. The highest BCUT2D eigenvalue weighted by Crippen LogP contribution is 2.24. The van der Waals surface area contributed by atoms with Crippen molar-refractivity contribution >= 4 is 11.3 Å². The van der Waals surface area contributed by atoms with Crippen molar-refractivity contribution in [3.8, 4) is 0 Å². The first-order valence-corrected chi connectivity index (χ1v) is 6.33. The quantitative estimate of drug-likeness (QED) is 0.882. The molecule has 0 spiro atoms. The second-order valence-electron chi connectivity index (χ2n) is 4.17. The SMILES string of the molecule is CC(C)NC(c1cccs1)c1nccn1C. The van der Waals surface area contributed by atoms with Gasteiger partial charge in [0.05, 0.1) is 0 Å². The number of hydrogen-bond donors (Lipinski definition) is 1. The molecular weight excluding hydrogens is 218 g/mol. The average Bonchev–Trinajstić information content (AvgIpc) is 2.84. The van der Waals surface area contributed by atoms with E-state index in [9.17, 15) is 0 Å². The van der Waals surface area contributed by atoms with Crippen LogP contribution >= 0.6 is 11.3 Å². The van der Waals surface area contributed by atoms with Crippen LogP contribution in [0.1, 0.15) is 30.6 Å². The molecule has 0 saturated heterocycles. The average molecular weight is 235 g/mol. The Hall–Kier alpha value is -1.13. The van der Waals surface area contributed by atoms with Crippen LogP contribution < -0.4 is 5.32 Å². The molecule has 2 rings (SSSR count). The van der Waals surface area contributed by atoms with Crippen LogP contribution in [0, 0.1) is 0 Å². The molecule has 0 bridgehead atoms. The number of thiophene rings is 1. The van der Waals surface area contributed by atoms with Gasteiger partial charge in [-0.05, 0) is 25.3 Å². The number of hydrogen-bond acceptors (Lipinski definition) is 3. The number of aromatic nitrogens is 2. The fourth-order valence-electron chi connectivity index (χ4n) is 1.73. The zero-order valence-corrected chi connectivity index (χ0v) is 10.7. The Morgan fingerprint density at radius 2 is 2.25 bits per heavy atom. The molecule has 2 aromatic heterocycles. The Labute approximate surface area is 100 Å². The van der Waals surface area contributed by atoms with Gasteiger partial charge in [0, 0.05) is 30.4 Å². The van der Waals surface area contributed by atoms with Crippen LogP contribution in [0.15, 0.2) is 29.9 Å². The van der Waals surface area contributed by atoms with Gasteiger partial charge in [-0.25, -0.2) is 4.98 Å². The van der Waals surface area contributed by atoms with E-state index >= 15 is 0 Å². The summed E-state index contributed by atoms with van der Waals surface area (Å²) in [4.78, 5) is 5.74. The van der Waals surface area contributed by atoms with Gasteiger partial charge >= 0.3 is 0 Å². The Kier molecular flexibility index (Phi) is 3.41. The van der Waals surface area contributed by atoms with Gasteiger partial charge in [0.15, 0.2) is 0 Å². The maximum absolute atomic E-state index is 4.43. The molecular formula is C12H17N3S. The van der Waals surface area contributed by atoms with Gasteiger partial charge < -0.3 is 9.88 Å². The van der Waals surface area contributed by atoms with Crippen LogP contribution in [-0.4, -0.2) is 15.6 Å². The number of aryl methyl sites for hydroxylation is 1. The monoisotopic (exact) mass is 235 g/mol. The summed E-state index contributed by atoms with van der Waals surface area (Å²) in [5.41, 5.74) is 0. The molecule has 4 heteroatoms. The van der Waals surface area contributed by atoms with Gasteiger partial charge in [-0.2, -0.15) is 0 Å². The molecule has 0 saturated carbocycles. The Morgan fingerprint density at radius 1 is 1.44 bits per heavy atom. The third-order valence-corrected chi connectivity index (χ3v) is 3.38. The minimum Gasteiger partial charge on any atom is -0.336 e. The third-order valence-electron chi connectivity index (χ3n) is 2.44. The van der Waals surface area contributed by atoms with Crippen molar-refractivity contribution in [1.29, 1.82) is 0 Å². The Balaban J connectivity index is 2.32. The highest BCUT2D eigenvalue weighted by atomic mass is 32.1. The van der Waals surface area contributed by atoms with Gasteiger partial charge in [0.2, 0.25) is 0 Å². The minimum absolute atomic E-state index is 0.194. The van der Waals surface area contributed by atoms with Gasteiger partial charge in [-0.15, -0.1) is 11.3 Å². The largest absolute Gasteiger partial charge is 0.336 e. The molecule has 3 nitrogen and oxygen atoms in total. The first kappa shape index (κ1) is 11.4. The van der Waals surface area contributed by atoms with Gasteiger partial charge in [0.25, 0.3) is 0 Å². The lowest BCUT2D eigenvalue weighted by Crippen LogP contribution is -2.30. The second-order valence-corrected chi connectivity index (χ2v) is 5.15. The summed E-state index contributed by atoms with van der Waals surface area (Å²) in [6.45, 7) is 4.31. The van der Waals surface area contributed by atoms with Gasteiger partial charge in [0.1, 0.15) is 11.9 Å². The van der Waals surface area contributed by atoms with E-state index in [4.69, 9.17) is 0 Å². The summed E-state index contributed by atoms with van der Waals surface area (Å²) in [7, 11) is 2.03. The summed E-state index contributed by atoms with van der Waals surface area (Å²) < 4.78 is 2.07. The van der Waals surface area contributed by atoms with Gasteiger partial charge in [-0.1, -0.05) is 6.07 Å². The van der Waals surface area contributed by atoms with Crippen LogP contribution in [0.25, 0.3) is 0 Å². The van der Waals surface area contributed by atoms with Crippen molar-refractivity contribution in [2.75, 3.05) is 0 Å². The maximum Gasteiger partial charge on any atom is 0.131 e. The summed E-state index contributed by atoms with van der Waals surface area (Å²) in [6, 6.07) is 4.86. The van der Waals surface area contributed by atoms with E-state index in [0.29, 0.717) is 6.04 Å². The summed E-state index contributed by atoms with van der Waals surface area (Å²) in [6.07, 6.45) is 3.83. The molecule has 2 aromatic rings. The van der Waals surface area contributed by atoms with Crippen molar-refractivity contribution in [2.45, 2.75) is 25.9 Å². The van der Waals surface area contributed by atoms with Crippen molar-refractivity contribution in [1.82, 2.24) is 14.9 Å². The maximum atomic E-state index is 4.43. The van der Waals surface area contributed by atoms with E-state index < -0.39 is 0 Å². The van der Waals surface area contributed by atoms with Crippen molar-refractivity contribution < 1.29 is 0 Å². The fraction of sp³-hybridized carbons (Fsp3) is 0.417. The molecule has 0 fully saturated rings. The van der Waals surface area contributed by atoms with E-state index in [2.05, 4.69) is 46.2 Å². The lowest BCUT2D eigenvalue weighted by atomic mass is 10.2. The van der Waals surface area contributed by atoms with Crippen molar-refractivity contribution in [2.24, 2.45) is 7.05 Å². The van der Waals surface area contributed by atoms with E-state index in [1.807, 2.05) is 19.4 Å². The Bertz CT molecular complexity index is 431. The Morgan fingerprint density at radius 3 is 2.75 bits per heavy atom. The molecule has 16 heavy (non-hydrogen) atoms. The van der Waals surface area contributed by atoms with Crippen LogP contribution in [-0.2, 0) is 7.05 Å². The van der Waals surface area contributed by atoms with Crippen LogP contribution in [0.3, 0.4) is 0 Å². The summed E-state index contributed by atoms with van der Waals surface area (Å²) in [5.74, 6) is 1.07. The lowest BCUT2D eigenvalue weighted by Gasteiger charge is -2.19. The summed E-state index contributed by atoms with van der Waals surface area (Å²) in [5, 5.41) is 5.66. The standard InChI is InChI=1S/C12H17N3S/c1-9(2)14-11(10-5-4-8-16-10)12-13-6-7-15(12)3/h4-9,11,14H,1-3H3. The zero-order valence-electron chi connectivity index (χ0n) is 9.84. The number of nitrogens with zero attached hydrogens (tertiary/aromatic N) is 2. The second kappa shape index (κ2) is 4.80. The topological polar surface area (TPSA) is 29.9 Å². The molecule has 1 atom stereocenters. The van der Waals surface area contributed by atoms with Gasteiger partial charge in [-0.3, -0.25) is 0 Å². The zero-order chi connectivity index (χ0) is 11.5. The van der Waals surface area contributed by atoms with Crippen LogP contribution in [0.4, 0.5) is 0 Å². The fourth-order valence-corrected chi connectivity index (χ4v) is 2.51. The predicted octanol–water partition coefficient (Wildman–Crippen LogP) is 2.57. The molecule has 1 unspecified atom stereocenters. The lowest BCUT2D eigenvalue weighted by molar-refractivity contribution is 0.505. The molecule has 0 amide bonds. The predicted molar refractivity (Wildman–Crippen MR) is 67.6 cm³/mol. The molecule has 1 N–H and O–H groups in total. The molecule has 0 aliphatic carbocycles. The smallest absolute Gasteiger partial charge is 0.131 e. The van der Waals surface area contributed by atoms with E-state index in [1.54, 1.807) is 11.3 Å². The van der Waals surface area contributed by atoms with E-state index in [0.717, 1.165) is 5.82 Å². The molecule has 2 heterocycles. The first-order valence-electron chi connectivity index (χ1n) is 5.45. The molecule has 0 radical (unpaired) electrons. The highest BCUT2D eigenvalue weighted by Gasteiger charge is 2.19. The molecule has 0 aliphatic heterocycles. The third kappa shape index (κ3) is 2.33.